The molecule has 2 aromatic carbocycles. The van der Waals surface area contributed by atoms with Gasteiger partial charge in [0.2, 0.25) is 5.91 Å². The van der Waals surface area contributed by atoms with Crippen LogP contribution in [0.3, 0.4) is 0 Å². The highest BCUT2D eigenvalue weighted by Crippen LogP contribution is 2.23. The molecular formula is C27H33N3O. The Morgan fingerprint density at radius 2 is 1.65 bits per heavy atom. The summed E-state index contributed by atoms with van der Waals surface area (Å²) in [4.78, 5) is 16.8. The molecule has 0 atom stereocenters. The molecule has 2 aliphatic heterocycles. The van der Waals surface area contributed by atoms with Crippen molar-refractivity contribution in [2.45, 2.75) is 51.5 Å². The summed E-state index contributed by atoms with van der Waals surface area (Å²) in [7, 11) is 0. The van der Waals surface area contributed by atoms with E-state index in [1.54, 1.807) is 0 Å². The van der Waals surface area contributed by atoms with Crippen molar-refractivity contribution in [3.63, 3.8) is 0 Å². The Morgan fingerprint density at radius 3 is 2.35 bits per heavy atom. The molecule has 4 nitrogen and oxygen atoms in total. The van der Waals surface area contributed by atoms with E-state index in [0.29, 0.717) is 12.3 Å². The number of hydrogen-bond donors (Lipinski definition) is 0. The van der Waals surface area contributed by atoms with Gasteiger partial charge in [0, 0.05) is 26.1 Å². The first-order valence-corrected chi connectivity index (χ1v) is 11.8. The molecule has 2 aromatic rings. The number of carbonyl (C=O) groups is 1. The molecule has 0 unspecified atom stereocenters. The van der Waals surface area contributed by atoms with E-state index in [1.807, 2.05) is 23.1 Å². The largest absolute Gasteiger partial charge is 0.343 e. The van der Waals surface area contributed by atoms with Crippen molar-refractivity contribution in [3.8, 4) is 6.07 Å². The average molecular weight is 416 g/mol. The Morgan fingerprint density at radius 1 is 0.935 bits per heavy atom. The second kappa shape index (κ2) is 10.6. The van der Waals surface area contributed by atoms with Gasteiger partial charge < -0.3 is 4.90 Å². The topological polar surface area (TPSA) is 47.3 Å². The highest BCUT2D eigenvalue weighted by Gasteiger charge is 2.20. The molecule has 0 spiro atoms. The molecule has 2 heterocycles. The van der Waals surface area contributed by atoms with Gasteiger partial charge in [-0.15, -0.1) is 0 Å². The molecule has 0 aromatic heterocycles. The van der Waals surface area contributed by atoms with Crippen LogP contribution < -0.4 is 0 Å². The molecule has 0 bridgehead atoms. The first kappa shape index (κ1) is 21.6. The number of piperidine rings is 1. The lowest BCUT2D eigenvalue weighted by Crippen LogP contribution is -2.33. The Bertz CT molecular complexity index is 901. The summed E-state index contributed by atoms with van der Waals surface area (Å²) >= 11 is 0. The third-order valence-electron chi connectivity index (χ3n) is 6.80. The van der Waals surface area contributed by atoms with Crippen LogP contribution >= 0.6 is 0 Å². The second-order valence-electron chi connectivity index (χ2n) is 9.14. The summed E-state index contributed by atoms with van der Waals surface area (Å²) in [5.41, 5.74) is 4.66. The van der Waals surface area contributed by atoms with Gasteiger partial charge in [0.25, 0.3) is 0 Å². The minimum Gasteiger partial charge on any atom is -0.343 e. The summed E-state index contributed by atoms with van der Waals surface area (Å²) in [6.45, 7) is 5.08. The number of rotatable bonds is 7. The van der Waals surface area contributed by atoms with Crippen LogP contribution in [0.25, 0.3) is 0 Å². The summed E-state index contributed by atoms with van der Waals surface area (Å²) in [5.74, 6) is 1.05. The van der Waals surface area contributed by atoms with Crippen LogP contribution in [-0.2, 0) is 24.2 Å². The number of aryl methyl sites for hydroxylation is 1. The Balaban J connectivity index is 1.19. The lowest BCUT2D eigenvalue weighted by molar-refractivity contribution is -0.130. The molecule has 2 aliphatic rings. The molecule has 162 valence electrons. The van der Waals surface area contributed by atoms with Gasteiger partial charge in [0.05, 0.1) is 11.6 Å². The molecule has 0 saturated carbocycles. The zero-order chi connectivity index (χ0) is 21.5. The van der Waals surface area contributed by atoms with Gasteiger partial charge in [0.1, 0.15) is 0 Å². The van der Waals surface area contributed by atoms with Crippen molar-refractivity contribution in [2.75, 3.05) is 26.2 Å². The maximum Gasteiger partial charge on any atom is 0.222 e. The fraction of sp³-hybridized carbons (Fsp3) is 0.481. The van der Waals surface area contributed by atoms with E-state index in [0.717, 1.165) is 69.9 Å². The quantitative estimate of drug-likeness (QED) is 0.666. The van der Waals surface area contributed by atoms with Crippen molar-refractivity contribution in [2.24, 2.45) is 5.92 Å². The van der Waals surface area contributed by atoms with Crippen LogP contribution in [0.2, 0.25) is 0 Å². The predicted molar refractivity (Wildman–Crippen MR) is 123 cm³/mol. The summed E-state index contributed by atoms with van der Waals surface area (Å²) in [6, 6.07) is 19.1. The lowest BCUT2D eigenvalue weighted by atomic mass is 9.89. The number of hydrogen-bond acceptors (Lipinski definition) is 3. The normalized spacial score (nSPS) is 17.6. The van der Waals surface area contributed by atoms with E-state index in [1.165, 1.54) is 29.5 Å². The Hall–Kier alpha value is -2.64. The zero-order valence-corrected chi connectivity index (χ0v) is 18.4. The third kappa shape index (κ3) is 6.18. The SMILES string of the molecule is N#Cc1cccc(CN2CCC(Cc3ccc(CCC(=O)N4CCCC4)cc3)CC2)c1. The average Bonchev–Trinajstić information content (AvgIpc) is 3.35. The van der Waals surface area contributed by atoms with E-state index < -0.39 is 0 Å². The van der Waals surface area contributed by atoms with E-state index in [-0.39, 0.29) is 0 Å². The fourth-order valence-corrected chi connectivity index (χ4v) is 4.90. The summed E-state index contributed by atoms with van der Waals surface area (Å²) < 4.78 is 0. The molecule has 0 aliphatic carbocycles. The maximum atomic E-state index is 12.2. The van der Waals surface area contributed by atoms with E-state index in [4.69, 9.17) is 5.26 Å². The number of carbonyl (C=O) groups excluding carboxylic acids is 1. The molecule has 0 N–H and O–H groups in total. The minimum atomic E-state index is 0.313. The lowest BCUT2D eigenvalue weighted by Gasteiger charge is -2.32. The van der Waals surface area contributed by atoms with Crippen molar-refractivity contribution in [1.29, 1.82) is 5.26 Å². The van der Waals surface area contributed by atoms with Gasteiger partial charge in [-0.1, -0.05) is 36.4 Å². The van der Waals surface area contributed by atoms with Gasteiger partial charge in [0.15, 0.2) is 0 Å². The number of benzene rings is 2. The fourth-order valence-electron chi connectivity index (χ4n) is 4.90. The molecule has 4 heteroatoms. The first-order valence-electron chi connectivity index (χ1n) is 11.8. The predicted octanol–water partition coefficient (Wildman–Crippen LogP) is 4.57. The summed E-state index contributed by atoms with van der Waals surface area (Å²) in [6.07, 6.45) is 7.40. The van der Waals surface area contributed by atoms with Crippen molar-refractivity contribution >= 4 is 5.91 Å². The Labute approximate surface area is 186 Å². The molecule has 4 rings (SSSR count). The van der Waals surface area contributed by atoms with Crippen molar-refractivity contribution < 1.29 is 4.79 Å². The smallest absolute Gasteiger partial charge is 0.222 e. The standard InChI is InChI=1S/C27H33N3O/c28-20-25-4-3-5-26(19-25)21-29-16-12-24(13-17-29)18-23-8-6-22(7-9-23)10-11-27(31)30-14-1-2-15-30/h3-9,19,24H,1-2,10-18,21H2. The zero-order valence-electron chi connectivity index (χ0n) is 18.4. The van der Waals surface area contributed by atoms with E-state index >= 15 is 0 Å². The van der Waals surface area contributed by atoms with Crippen LogP contribution in [0.15, 0.2) is 48.5 Å². The van der Waals surface area contributed by atoms with Crippen molar-refractivity contribution in [1.82, 2.24) is 9.80 Å². The molecular weight excluding hydrogens is 382 g/mol. The maximum absolute atomic E-state index is 12.2. The highest BCUT2D eigenvalue weighted by atomic mass is 16.2. The number of likely N-dealkylation sites (tertiary alicyclic amines) is 2. The Kier molecular flexibility index (Phi) is 7.38. The monoisotopic (exact) mass is 415 g/mol. The third-order valence-corrected chi connectivity index (χ3v) is 6.80. The van der Waals surface area contributed by atoms with Crippen LogP contribution in [-0.4, -0.2) is 41.9 Å². The number of nitriles is 1. The van der Waals surface area contributed by atoms with Gasteiger partial charge >= 0.3 is 0 Å². The van der Waals surface area contributed by atoms with Gasteiger partial charge in [-0.3, -0.25) is 9.69 Å². The van der Waals surface area contributed by atoms with Crippen LogP contribution in [0, 0.1) is 17.2 Å². The van der Waals surface area contributed by atoms with Crippen LogP contribution in [0.4, 0.5) is 0 Å². The van der Waals surface area contributed by atoms with E-state index in [2.05, 4.69) is 41.3 Å². The van der Waals surface area contributed by atoms with Gasteiger partial charge in [-0.2, -0.15) is 5.26 Å². The van der Waals surface area contributed by atoms with Crippen LogP contribution in [0.1, 0.15) is 54.4 Å². The molecule has 2 fully saturated rings. The number of amides is 1. The number of nitrogens with zero attached hydrogens (tertiary/aromatic N) is 3. The molecule has 2 saturated heterocycles. The van der Waals surface area contributed by atoms with Gasteiger partial charge in [-0.25, -0.2) is 0 Å². The van der Waals surface area contributed by atoms with Crippen LogP contribution in [0.5, 0.6) is 0 Å². The molecule has 0 radical (unpaired) electrons. The summed E-state index contributed by atoms with van der Waals surface area (Å²) in [5, 5.41) is 9.08. The molecule has 31 heavy (non-hydrogen) atoms. The van der Waals surface area contributed by atoms with E-state index in [9.17, 15) is 4.79 Å². The highest BCUT2D eigenvalue weighted by molar-refractivity contribution is 5.76. The van der Waals surface area contributed by atoms with Crippen molar-refractivity contribution in [3.05, 3.63) is 70.8 Å². The second-order valence-corrected chi connectivity index (χ2v) is 9.14. The van der Waals surface area contributed by atoms with Gasteiger partial charge in [-0.05, 0) is 86.4 Å². The molecule has 1 amide bonds. The first-order chi connectivity index (χ1) is 15.2. The minimum absolute atomic E-state index is 0.313.